The second-order valence-electron chi connectivity index (χ2n) is 3.58. The fourth-order valence-electron chi connectivity index (χ4n) is 0.723. The zero-order valence-corrected chi connectivity index (χ0v) is 7.73. The smallest absolute Gasteiger partial charge is 0.234 e. The Labute approximate surface area is 64.8 Å². The minimum atomic E-state index is -1.82. The molecule has 0 aliphatic heterocycles. The zero-order chi connectivity index (χ0) is 8.36. The molecule has 0 rings (SSSR count). The summed E-state index contributed by atoms with van der Waals surface area (Å²) in [5.74, 6) is 0. The fraction of sp³-hybridized carbons (Fsp3) is 1.00. The molecule has 0 radical (unpaired) electrons. The quantitative estimate of drug-likeness (QED) is 0.622. The Bertz CT molecular complexity index is 130. The highest BCUT2D eigenvalue weighted by Crippen LogP contribution is 2.14. The van der Waals surface area contributed by atoms with Gasteiger partial charge in [0.05, 0.1) is 0 Å². The molecule has 3 nitrogen and oxygen atoms in total. The third kappa shape index (κ3) is 4.90. The molecular weight excluding hydrogens is 150 g/mol. The van der Waals surface area contributed by atoms with Gasteiger partial charge in [-0.3, -0.25) is 4.55 Å². The molecule has 0 saturated carbocycles. The van der Waals surface area contributed by atoms with Gasteiger partial charge < -0.3 is 0 Å². The normalized spacial score (nSPS) is 15.8. The van der Waals surface area contributed by atoms with Gasteiger partial charge in [-0.05, 0) is 5.41 Å². The van der Waals surface area contributed by atoms with E-state index in [1.54, 1.807) is 7.05 Å². The van der Waals surface area contributed by atoms with Gasteiger partial charge in [0.2, 0.25) is 11.3 Å². The highest BCUT2D eigenvalue weighted by Gasteiger charge is 2.15. The Morgan fingerprint density at radius 3 is 2.00 bits per heavy atom. The molecule has 0 aromatic heterocycles. The monoisotopic (exact) mass is 165 g/mol. The molecule has 0 fully saturated rings. The van der Waals surface area contributed by atoms with Crippen molar-refractivity contribution in [2.45, 2.75) is 20.8 Å². The van der Waals surface area contributed by atoms with Crippen LogP contribution in [-0.4, -0.2) is 26.7 Å². The Hall–Kier alpha value is 0.0700. The van der Waals surface area contributed by atoms with Crippen molar-refractivity contribution in [2.24, 2.45) is 5.41 Å². The SMILES string of the molecule is CN(CC(C)(C)C)S(=O)O. The van der Waals surface area contributed by atoms with E-state index in [0.29, 0.717) is 6.54 Å². The van der Waals surface area contributed by atoms with Gasteiger partial charge in [0.15, 0.2) is 0 Å². The van der Waals surface area contributed by atoms with Gasteiger partial charge in [-0.15, -0.1) is 0 Å². The van der Waals surface area contributed by atoms with Crippen molar-refractivity contribution in [3.8, 4) is 0 Å². The summed E-state index contributed by atoms with van der Waals surface area (Å²) in [6.07, 6.45) is 0. The summed E-state index contributed by atoms with van der Waals surface area (Å²) in [5.41, 5.74) is 0.0765. The predicted octanol–water partition coefficient (Wildman–Crippen LogP) is 1.10. The third-order valence-corrected chi connectivity index (χ3v) is 1.63. The topological polar surface area (TPSA) is 40.5 Å². The van der Waals surface area contributed by atoms with E-state index in [1.165, 1.54) is 4.31 Å². The predicted molar refractivity (Wildman–Crippen MR) is 42.9 cm³/mol. The molecule has 0 saturated heterocycles. The Morgan fingerprint density at radius 2 is 1.90 bits per heavy atom. The van der Waals surface area contributed by atoms with Gasteiger partial charge in [-0.2, -0.15) is 0 Å². The minimum absolute atomic E-state index is 0.0765. The van der Waals surface area contributed by atoms with Crippen molar-refractivity contribution in [3.63, 3.8) is 0 Å². The zero-order valence-electron chi connectivity index (χ0n) is 6.92. The van der Waals surface area contributed by atoms with Crippen LogP contribution < -0.4 is 0 Å². The van der Waals surface area contributed by atoms with Crippen LogP contribution in [0.4, 0.5) is 0 Å². The molecule has 10 heavy (non-hydrogen) atoms. The van der Waals surface area contributed by atoms with Crippen LogP contribution in [0.3, 0.4) is 0 Å². The van der Waals surface area contributed by atoms with Crippen molar-refractivity contribution in [1.29, 1.82) is 0 Å². The van der Waals surface area contributed by atoms with E-state index in [1.807, 2.05) is 20.8 Å². The molecule has 1 unspecified atom stereocenters. The van der Waals surface area contributed by atoms with Crippen LogP contribution in [0.15, 0.2) is 0 Å². The van der Waals surface area contributed by atoms with E-state index in [2.05, 4.69) is 0 Å². The van der Waals surface area contributed by atoms with Crippen LogP contribution >= 0.6 is 0 Å². The van der Waals surface area contributed by atoms with E-state index < -0.39 is 11.3 Å². The summed E-state index contributed by atoms with van der Waals surface area (Å²) in [6, 6.07) is 0. The van der Waals surface area contributed by atoms with E-state index in [0.717, 1.165) is 0 Å². The molecule has 0 bridgehead atoms. The van der Waals surface area contributed by atoms with E-state index >= 15 is 0 Å². The van der Waals surface area contributed by atoms with E-state index in [9.17, 15) is 4.21 Å². The maximum Gasteiger partial charge on any atom is 0.234 e. The van der Waals surface area contributed by atoms with Crippen LogP contribution in [0.25, 0.3) is 0 Å². The van der Waals surface area contributed by atoms with Crippen LogP contribution in [0.2, 0.25) is 0 Å². The summed E-state index contributed by atoms with van der Waals surface area (Å²) in [6.45, 7) is 6.69. The van der Waals surface area contributed by atoms with E-state index in [4.69, 9.17) is 4.55 Å². The molecule has 1 atom stereocenters. The Morgan fingerprint density at radius 1 is 1.50 bits per heavy atom. The van der Waals surface area contributed by atoms with Crippen LogP contribution in [0.1, 0.15) is 20.8 Å². The second-order valence-corrected chi connectivity index (χ2v) is 4.66. The number of rotatable bonds is 2. The maximum atomic E-state index is 10.4. The Kier molecular flexibility index (Phi) is 3.48. The van der Waals surface area contributed by atoms with Gasteiger partial charge in [0, 0.05) is 13.6 Å². The minimum Gasteiger partial charge on any atom is -0.294 e. The molecule has 0 aromatic rings. The molecule has 1 N–H and O–H groups in total. The second kappa shape index (κ2) is 3.46. The van der Waals surface area contributed by atoms with Gasteiger partial charge in [0.25, 0.3) is 0 Å². The van der Waals surface area contributed by atoms with Gasteiger partial charge >= 0.3 is 0 Å². The fourth-order valence-corrected chi connectivity index (χ4v) is 1.22. The average molecular weight is 165 g/mol. The molecular formula is C6H15NO2S. The van der Waals surface area contributed by atoms with Crippen molar-refractivity contribution >= 4 is 11.3 Å². The molecule has 0 aliphatic rings. The average Bonchev–Trinajstić information content (AvgIpc) is 1.60. The summed E-state index contributed by atoms with van der Waals surface area (Å²) in [7, 11) is 1.63. The third-order valence-electron chi connectivity index (χ3n) is 0.964. The highest BCUT2D eigenvalue weighted by molar-refractivity contribution is 7.76. The lowest BCUT2D eigenvalue weighted by atomic mass is 9.97. The first-order valence-electron chi connectivity index (χ1n) is 3.15. The van der Waals surface area contributed by atoms with Gasteiger partial charge in [0.1, 0.15) is 0 Å². The van der Waals surface area contributed by atoms with Gasteiger partial charge in [-0.1, -0.05) is 20.8 Å². The van der Waals surface area contributed by atoms with Crippen molar-refractivity contribution in [1.82, 2.24) is 4.31 Å². The first-order valence-corrected chi connectivity index (χ1v) is 4.21. The largest absolute Gasteiger partial charge is 0.294 e. The van der Waals surface area contributed by atoms with Crippen molar-refractivity contribution in [2.75, 3.05) is 13.6 Å². The standard InChI is InChI=1S/C6H15NO2S/c1-6(2,3)5-7(4)10(8)9/h5H2,1-4H3,(H,8,9). The maximum absolute atomic E-state index is 10.4. The lowest BCUT2D eigenvalue weighted by molar-refractivity contribution is 0.306. The lowest BCUT2D eigenvalue weighted by Gasteiger charge is -2.22. The lowest BCUT2D eigenvalue weighted by Crippen LogP contribution is -2.30. The number of hydrogen-bond donors (Lipinski definition) is 1. The van der Waals surface area contributed by atoms with Crippen molar-refractivity contribution in [3.05, 3.63) is 0 Å². The van der Waals surface area contributed by atoms with Crippen LogP contribution in [-0.2, 0) is 11.3 Å². The molecule has 0 heterocycles. The summed E-state index contributed by atoms with van der Waals surface area (Å²) in [4.78, 5) is 0. The highest BCUT2D eigenvalue weighted by atomic mass is 32.2. The molecule has 0 spiro atoms. The van der Waals surface area contributed by atoms with E-state index in [-0.39, 0.29) is 5.41 Å². The first-order chi connectivity index (χ1) is 4.33. The van der Waals surface area contributed by atoms with Gasteiger partial charge in [-0.25, -0.2) is 8.51 Å². The first kappa shape index (κ1) is 10.1. The van der Waals surface area contributed by atoms with Crippen molar-refractivity contribution < 1.29 is 8.76 Å². The number of hydrogen-bond acceptors (Lipinski definition) is 1. The molecule has 0 aliphatic carbocycles. The Balaban J connectivity index is 3.80. The van der Waals surface area contributed by atoms with Crippen LogP contribution in [0, 0.1) is 5.41 Å². The summed E-state index contributed by atoms with van der Waals surface area (Å²) >= 11 is -1.82. The molecule has 0 amide bonds. The molecule has 4 heteroatoms. The number of nitrogens with zero attached hydrogens (tertiary/aromatic N) is 1. The summed E-state index contributed by atoms with van der Waals surface area (Å²) < 4.78 is 20.4. The van der Waals surface area contributed by atoms with Crippen LogP contribution in [0.5, 0.6) is 0 Å². The molecule has 0 aromatic carbocycles. The molecule has 62 valence electrons. The summed E-state index contributed by atoms with van der Waals surface area (Å²) in [5, 5.41) is 0.